The van der Waals surface area contributed by atoms with Gasteiger partial charge in [0.15, 0.2) is 0 Å². The molecule has 2 heterocycles. The lowest BCUT2D eigenvalue weighted by Gasteiger charge is -2.34. The Morgan fingerprint density at radius 2 is 1.61 bits per heavy atom. The molecule has 2 aliphatic heterocycles. The molecule has 0 spiro atoms. The fourth-order valence-electron chi connectivity index (χ4n) is 5.14. The quantitative estimate of drug-likeness (QED) is 0.636. The van der Waals surface area contributed by atoms with Crippen LogP contribution >= 0.6 is 0 Å². The smallest absolute Gasteiger partial charge is 0.321 e. The van der Waals surface area contributed by atoms with Crippen molar-refractivity contribution in [3.63, 3.8) is 0 Å². The molecular formula is C28H37N3O2. The summed E-state index contributed by atoms with van der Waals surface area (Å²) >= 11 is 0. The van der Waals surface area contributed by atoms with Gasteiger partial charge in [-0.25, -0.2) is 4.79 Å². The minimum atomic E-state index is -0.0321. The van der Waals surface area contributed by atoms with Crippen LogP contribution in [0.4, 0.5) is 10.5 Å². The molecule has 33 heavy (non-hydrogen) atoms. The number of carbonyl (C=O) groups excluding carboxylic acids is 2. The van der Waals surface area contributed by atoms with E-state index in [0.29, 0.717) is 18.3 Å². The van der Waals surface area contributed by atoms with Gasteiger partial charge in [0.05, 0.1) is 0 Å². The number of likely N-dealkylation sites (tertiary alicyclic amines) is 2. The molecule has 5 nitrogen and oxygen atoms in total. The first-order valence-corrected chi connectivity index (χ1v) is 12.5. The van der Waals surface area contributed by atoms with Crippen LogP contribution in [0, 0.1) is 18.8 Å². The fraction of sp³-hybridized carbons (Fsp3) is 0.500. The number of hydrogen-bond acceptors (Lipinski definition) is 2. The van der Waals surface area contributed by atoms with Crippen molar-refractivity contribution in [3.05, 3.63) is 65.7 Å². The van der Waals surface area contributed by atoms with Gasteiger partial charge in [0.1, 0.15) is 0 Å². The third kappa shape index (κ3) is 6.83. The summed E-state index contributed by atoms with van der Waals surface area (Å²) in [5.74, 6) is 1.37. The van der Waals surface area contributed by atoms with Crippen molar-refractivity contribution in [2.75, 3.05) is 31.5 Å². The van der Waals surface area contributed by atoms with Crippen molar-refractivity contribution in [1.29, 1.82) is 0 Å². The maximum absolute atomic E-state index is 12.8. The highest BCUT2D eigenvalue weighted by molar-refractivity contribution is 5.89. The Kier molecular flexibility index (Phi) is 8.03. The second-order valence-electron chi connectivity index (χ2n) is 9.80. The first-order valence-electron chi connectivity index (χ1n) is 12.5. The molecule has 5 heteroatoms. The number of anilines is 1. The zero-order valence-corrected chi connectivity index (χ0v) is 19.8. The number of piperidine rings is 2. The molecule has 2 fully saturated rings. The van der Waals surface area contributed by atoms with E-state index < -0.39 is 0 Å². The van der Waals surface area contributed by atoms with Gasteiger partial charge in [-0.1, -0.05) is 48.0 Å². The molecule has 176 valence electrons. The Labute approximate surface area is 198 Å². The number of rotatable bonds is 6. The highest BCUT2D eigenvalue weighted by atomic mass is 16.2. The predicted molar refractivity (Wildman–Crippen MR) is 133 cm³/mol. The van der Waals surface area contributed by atoms with Crippen LogP contribution in [-0.4, -0.2) is 47.9 Å². The van der Waals surface area contributed by atoms with Crippen LogP contribution < -0.4 is 5.32 Å². The van der Waals surface area contributed by atoms with E-state index in [1.54, 1.807) is 0 Å². The highest BCUT2D eigenvalue weighted by Gasteiger charge is 2.26. The van der Waals surface area contributed by atoms with E-state index in [1.165, 1.54) is 11.1 Å². The van der Waals surface area contributed by atoms with Crippen LogP contribution in [-0.2, 0) is 11.2 Å². The van der Waals surface area contributed by atoms with Crippen LogP contribution in [0.15, 0.2) is 54.6 Å². The maximum atomic E-state index is 12.8. The number of carbonyl (C=O) groups is 2. The van der Waals surface area contributed by atoms with Crippen molar-refractivity contribution in [3.8, 4) is 0 Å². The van der Waals surface area contributed by atoms with Crippen molar-refractivity contribution in [2.24, 2.45) is 11.8 Å². The minimum Gasteiger partial charge on any atom is -0.343 e. The second-order valence-corrected chi connectivity index (χ2v) is 9.80. The molecule has 0 radical (unpaired) electrons. The summed E-state index contributed by atoms with van der Waals surface area (Å²) in [4.78, 5) is 29.5. The lowest BCUT2D eigenvalue weighted by atomic mass is 9.89. The third-order valence-corrected chi connectivity index (χ3v) is 7.21. The van der Waals surface area contributed by atoms with Crippen LogP contribution in [0.3, 0.4) is 0 Å². The number of benzene rings is 2. The molecule has 0 aliphatic carbocycles. The van der Waals surface area contributed by atoms with Gasteiger partial charge in [-0.2, -0.15) is 0 Å². The molecule has 4 rings (SSSR count). The van der Waals surface area contributed by atoms with Gasteiger partial charge in [0.2, 0.25) is 5.91 Å². The normalized spacial score (nSPS) is 19.4. The van der Waals surface area contributed by atoms with Gasteiger partial charge in [-0.15, -0.1) is 0 Å². The summed E-state index contributed by atoms with van der Waals surface area (Å²) in [5, 5.41) is 3.01. The molecule has 0 saturated carbocycles. The SMILES string of the molecule is Cc1ccc(NC(=O)N2CCCC(CCC(=O)N3CCC(Cc4ccccc4)CC3)C2)cc1. The monoisotopic (exact) mass is 447 g/mol. The van der Waals surface area contributed by atoms with E-state index in [1.807, 2.05) is 36.1 Å². The van der Waals surface area contributed by atoms with Crippen LogP contribution in [0.25, 0.3) is 0 Å². The van der Waals surface area contributed by atoms with E-state index in [4.69, 9.17) is 0 Å². The lowest BCUT2D eigenvalue weighted by molar-refractivity contribution is -0.133. The summed E-state index contributed by atoms with van der Waals surface area (Å²) in [5.41, 5.74) is 3.41. The van der Waals surface area contributed by atoms with Crippen LogP contribution in [0.1, 0.15) is 49.7 Å². The number of urea groups is 1. The van der Waals surface area contributed by atoms with E-state index in [-0.39, 0.29) is 11.9 Å². The Balaban J connectivity index is 1.17. The molecule has 2 saturated heterocycles. The Hall–Kier alpha value is -2.82. The van der Waals surface area contributed by atoms with Crippen molar-refractivity contribution < 1.29 is 9.59 Å². The molecule has 2 aliphatic rings. The number of aryl methyl sites for hydroxylation is 1. The Morgan fingerprint density at radius 3 is 2.33 bits per heavy atom. The first-order chi connectivity index (χ1) is 16.1. The average Bonchev–Trinajstić information content (AvgIpc) is 2.85. The zero-order valence-electron chi connectivity index (χ0n) is 19.8. The van der Waals surface area contributed by atoms with Gasteiger partial charge >= 0.3 is 6.03 Å². The molecule has 0 bridgehead atoms. The van der Waals surface area contributed by atoms with Crippen LogP contribution in [0.5, 0.6) is 0 Å². The maximum Gasteiger partial charge on any atom is 0.321 e. The molecule has 0 aromatic heterocycles. The Bertz CT molecular complexity index is 904. The average molecular weight is 448 g/mol. The molecule has 3 amide bonds. The fourth-order valence-corrected chi connectivity index (χ4v) is 5.14. The molecule has 2 aromatic rings. The summed E-state index contributed by atoms with van der Waals surface area (Å²) in [6.07, 6.45) is 6.88. The third-order valence-electron chi connectivity index (χ3n) is 7.21. The van der Waals surface area contributed by atoms with Gasteiger partial charge < -0.3 is 15.1 Å². The molecular weight excluding hydrogens is 410 g/mol. The number of nitrogens with one attached hydrogen (secondary N) is 1. The predicted octanol–water partition coefficient (Wildman–Crippen LogP) is 5.50. The summed E-state index contributed by atoms with van der Waals surface area (Å²) in [6, 6.07) is 18.5. The van der Waals surface area contributed by atoms with Gasteiger partial charge in [-0.3, -0.25) is 4.79 Å². The first kappa shape index (κ1) is 23.3. The zero-order chi connectivity index (χ0) is 23.0. The van der Waals surface area contributed by atoms with Crippen molar-refractivity contribution in [1.82, 2.24) is 9.80 Å². The van der Waals surface area contributed by atoms with Gasteiger partial charge in [-0.05, 0) is 75.0 Å². The highest BCUT2D eigenvalue weighted by Crippen LogP contribution is 2.25. The van der Waals surface area contributed by atoms with E-state index in [0.717, 1.165) is 70.4 Å². The van der Waals surface area contributed by atoms with Crippen molar-refractivity contribution in [2.45, 2.75) is 51.9 Å². The standard InChI is InChI=1S/C28H37N3O2/c1-22-9-12-26(13-10-22)29-28(33)31-17-5-8-25(21-31)11-14-27(32)30-18-15-24(16-19-30)20-23-6-3-2-4-7-23/h2-4,6-7,9-10,12-13,24-25H,5,8,11,14-21H2,1H3,(H,29,33). The largest absolute Gasteiger partial charge is 0.343 e. The van der Waals surface area contributed by atoms with E-state index in [2.05, 4.69) is 40.5 Å². The molecule has 1 N–H and O–H groups in total. The molecule has 1 unspecified atom stereocenters. The van der Waals surface area contributed by atoms with Gasteiger partial charge in [0.25, 0.3) is 0 Å². The summed E-state index contributed by atoms with van der Waals surface area (Å²) in [6.45, 7) is 5.33. The number of nitrogens with zero attached hydrogens (tertiary/aromatic N) is 2. The second kappa shape index (κ2) is 11.4. The van der Waals surface area contributed by atoms with Gasteiger partial charge in [0, 0.05) is 38.3 Å². The summed E-state index contributed by atoms with van der Waals surface area (Å²) < 4.78 is 0. The van der Waals surface area contributed by atoms with Crippen molar-refractivity contribution >= 4 is 17.6 Å². The summed E-state index contributed by atoms with van der Waals surface area (Å²) in [7, 11) is 0. The topological polar surface area (TPSA) is 52.7 Å². The lowest BCUT2D eigenvalue weighted by Crippen LogP contribution is -2.43. The minimum absolute atomic E-state index is 0.0321. The number of hydrogen-bond donors (Lipinski definition) is 1. The van der Waals surface area contributed by atoms with E-state index in [9.17, 15) is 9.59 Å². The molecule has 1 atom stereocenters. The molecule has 2 aromatic carbocycles. The number of amides is 3. The Morgan fingerprint density at radius 1 is 0.879 bits per heavy atom. The van der Waals surface area contributed by atoms with Crippen LogP contribution in [0.2, 0.25) is 0 Å². The van der Waals surface area contributed by atoms with E-state index >= 15 is 0 Å².